The van der Waals surface area contributed by atoms with Gasteiger partial charge in [0.2, 0.25) is 11.8 Å². The summed E-state index contributed by atoms with van der Waals surface area (Å²) >= 11 is 0. The molecule has 0 bridgehead atoms. The Kier molecular flexibility index (Phi) is 12.5. The van der Waals surface area contributed by atoms with Gasteiger partial charge < -0.3 is 30.0 Å². The number of oxazole rings is 1. The first-order chi connectivity index (χ1) is 32.7. The average molecular weight is 939 g/mol. The molecule has 10 rings (SSSR count). The number of carbonyl (C=O) groups excluding carboxylic acids is 5. The van der Waals surface area contributed by atoms with E-state index in [0.717, 1.165) is 75.5 Å². The summed E-state index contributed by atoms with van der Waals surface area (Å²) in [6, 6.07) is 11.0. The molecule has 6 heterocycles. The van der Waals surface area contributed by atoms with Crippen LogP contribution in [0.4, 0.5) is 30.2 Å². The van der Waals surface area contributed by atoms with Crippen molar-refractivity contribution in [2.24, 2.45) is 23.2 Å². The van der Waals surface area contributed by atoms with Crippen LogP contribution in [0.15, 0.2) is 52.9 Å². The van der Waals surface area contributed by atoms with E-state index in [1.54, 1.807) is 24.3 Å². The summed E-state index contributed by atoms with van der Waals surface area (Å²) in [6.07, 6.45) is 6.78. The molecule has 6 aliphatic rings. The van der Waals surface area contributed by atoms with Crippen molar-refractivity contribution in [1.82, 2.24) is 25.1 Å². The number of anilines is 3. The Morgan fingerprint density at radius 2 is 1.60 bits per heavy atom. The molecule has 0 radical (unpaired) electrons. The van der Waals surface area contributed by atoms with Crippen molar-refractivity contribution < 1.29 is 46.7 Å². The summed E-state index contributed by atoms with van der Waals surface area (Å²) in [6.45, 7) is 5.31. The molecule has 2 aliphatic carbocycles. The molecule has 4 aromatic rings. The Morgan fingerprint density at radius 1 is 0.853 bits per heavy atom. The van der Waals surface area contributed by atoms with Crippen molar-refractivity contribution >= 4 is 57.7 Å². The number of amides is 5. The highest BCUT2D eigenvalue weighted by atomic mass is 19.4. The molecule has 4 aliphatic heterocycles. The van der Waals surface area contributed by atoms with Crippen LogP contribution in [-0.2, 0) is 15.8 Å². The lowest BCUT2D eigenvalue weighted by Crippen LogP contribution is -2.54. The molecule has 2 aromatic carbocycles. The molecule has 1 atom stereocenters. The average Bonchev–Trinajstić information content (AvgIpc) is 3.86. The number of hydrogen-bond donors (Lipinski definition) is 4. The number of fused-ring (bicyclic) bond motifs is 2. The number of piperidine rings is 3. The highest BCUT2D eigenvalue weighted by Crippen LogP contribution is 2.54. The molecule has 5 fully saturated rings. The van der Waals surface area contributed by atoms with E-state index < -0.39 is 47.4 Å². The molecule has 360 valence electrons. The van der Waals surface area contributed by atoms with E-state index in [-0.39, 0.29) is 42.5 Å². The number of aliphatic hydroxyl groups is 1. The fourth-order valence-electron chi connectivity index (χ4n) is 11.8. The molecule has 4 N–H and O–H groups in total. The fraction of sp³-hybridized carbons (Fsp3) is 0.540. The Hall–Kier alpha value is -5.88. The Labute approximate surface area is 391 Å². The van der Waals surface area contributed by atoms with Crippen molar-refractivity contribution in [2.75, 3.05) is 61.4 Å². The van der Waals surface area contributed by atoms with Gasteiger partial charge in [0, 0.05) is 56.9 Å². The molecule has 18 heteroatoms. The Morgan fingerprint density at radius 3 is 2.32 bits per heavy atom. The topological polar surface area (TPSA) is 190 Å². The van der Waals surface area contributed by atoms with Gasteiger partial charge >= 0.3 is 6.18 Å². The monoisotopic (exact) mass is 938 g/mol. The van der Waals surface area contributed by atoms with Gasteiger partial charge in [0.15, 0.2) is 11.5 Å². The van der Waals surface area contributed by atoms with Crippen LogP contribution in [0.1, 0.15) is 132 Å². The molecule has 15 nitrogen and oxygen atoms in total. The van der Waals surface area contributed by atoms with Crippen molar-refractivity contribution in [2.45, 2.75) is 102 Å². The first-order valence-electron chi connectivity index (χ1n) is 24.2. The fourth-order valence-corrected chi connectivity index (χ4v) is 11.8. The van der Waals surface area contributed by atoms with E-state index in [1.165, 1.54) is 37.8 Å². The number of imide groups is 2. The van der Waals surface area contributed by atoms with Gasteiger partial charge in [0.1, 0.15) is 22.9 Å². The van der Waals surface area contributed by atoms with Crippen molar-refractivity contribution in [3.05, 3.63) is 76.9 Å². The van der Waals surface area contributed by atoms with Crippen molar-refractivity contribution in [3.8, 4) is 0 Å². The van der Waals surface area contributed by atoms with Gasteiger partial charge in [-0.3, -0.25) is 34.2 Å². The normalized spacial score (nSPS) is 23.8. The lowest BCUT2D eigenvalue weighted by molar-refractivity contribution is -0.141. The van der Waals surface area contributed by atoms with Gasteiger partial charge in [-0.1, -0.05) is 12.1 Å². The van der Waals surface area contributed by atoms with E-state index in [9.17, 15) is 42.3 Å². The third-order valence-corrected chi connectivity index (χ3v) is 15.7. The molecule has 68 heavy (non-hydrogen) atoms. The van der Waals surface area contributed by atoms with E-state index >= 15 is 0 Å². The number of carbonyl (C=O) groups is 5. The first-order valence-corrected chi connectivity index (χ1v) is 24.2. The molecule has 3 saturated heterocycles. The molecule has 5 amide bonds. The molecular formula is C50H57F3N8O7. The third kappa shape index (κ3) is 9.20. The summed E-state index contributed by atoms with van der Waals surface area (Å²) < 4.78 is 46.6. The number of benzene rings is 2. The number of rotatable bonds is 12. The molecule has 2 saturated carbocycles. The molecule has 1 spiro atoms. The maximum absolute atomic E-state index is 13.5. The highest BCUT2D eigenvalue weighted by Gasteiger charge is 2.47. The summed E-state index contributed by atoms with van der Waals surface area (Å²) in [5, 5.41) is 18.2. The number of hydrogen-bond acceptors (Lipinski definition) is 12. The van der Waals surface area contributed by atoms with E-state index in [0.29, 0.717) is 76.5 Å². The van der Waals surface area contributed by atoms with Crippen LogP contribution in [0, 0.1) is 23.2 Å². The Balaban J connectivity index is 0.697. The van der Waals surface area contributed by atoms with Gasteiger partial charge in [-0.25, -0.2) is 9.97 Å². The number of aliphatic hydroxyl groups excluding tert-OH is 1. The summed E-state index contributed by atoms with van der Waals surface area (Å²) in [7, 11) is 0. The standard InChI is InChI=1S/C50H57F3N8O7/c51-50(52,53)41-6-2-5-35(55-41)44(64)56-36-24-40-37(23-39(36)60-19-14-30(28-62)15-20-60)57-46(68-40)32-9-7-29(8-10-32)27-59-21-16-49(17-22-59)25-31(26-49)13-18-54-34-4-1-3-33-43(34)48(67)61(47(33)66)38-11-12-42(63)58-45(38)65/h1-6,23-24,29-32,38,54,62H,7-22,25-28H2,(H,56,64)(H,58,63,65)/t29-,32-,38?. The summed E-state index contributed by atoms with van der Waals surface area (Å²) in [5.74, 6) is -0.623. The predicted molar refractivity (Wildman–Crippen MR) is 245 cm³/mol. The quantitative estimate of drug-likeness (QED) is 0.103. The van der Waals surface area contributed by atoms with Gasteiger partial charge in [0.25, 0.3) is 17.7 Å². The van der Waals surface area contributed by atoms with Crippen LogP contribution in [-0.4, -0.2) is 106 Å². The van der Waals surface area contributed by atoms with Gasteiger partial charge in [0.05, 0.1) is 22.5 Å². The minimum atomic E-state index is -4.69. The minimum Gasteiger partial charge on any atom is -0.440 e. The number of pyridine rings is 1. The molecular weight excluding hydrogens is 882 g/mol. The zero-order valence-electron chi connectivity index (χ0n) is 37.9. The zero-order valence-corrected chi connectivity index (χ0v) is 37.9. The lowest BCUT2D eigenvalue weighted by atomic mass is 9.57. The van der Waals surface area contributed by atoms with E-state index in [4.69, 9.17) is 9.40 Å². The zero-order chi connectivity index (χ0) is 47.3. The van der Waals surface area contributed by atoms with Gasteiger partial charge in [-0.15, -0.1) is 0 Å². The van der Waals surface area contributed by atoms with Crippen molar-refractivity contribution in [1.29, 1.82) is 0 Å². The van der Waals surface area contributed by atoms with Crippen LogP contribution in [0.3, 0.4) is 0 Å². The lowest BCUT2D eigenvalue weighted by Gasteiger charge is -2.53. The number of nitrogens with one attached hydrogen (secondary N) is 3. The largest absolute Gasteiger partial charge is 0.440 e. The number of aromatic nitrogens is 2. The van der Waals surface area contributed by atoms with E-state index in [1.807, 2.05) is 6.07 Å². The second kappa shape index (κ2) is 18.6. The second-order valence-corrected chi connectivity index (χ2v) is 20.0. The maximum atomic E-state index is 13.5. The number of nitrogens with zero attached hydrogens (tertiary/aromatic N) is 5. The van der Waals surface area contributed by atoms with Crippen molar-refractivity contribution in [3.63, 3.8) is 0 Å². The number of likely N-dealkylation sites (tertiary alicyclic amines) is 1. The van der Waals surface area contributed by atoms with Crippen LogP contribution in [0.25, 0.3) is 11.1 Å². The van der Waals surface area contributed by atoms with Crippen LogP contribution < -0.4 is 20.9 Å². The Bertz CT molecular complexity index is 2600. The van der Waals surface area contributed by atoms with Crippen LogP contribution in [0.2, 0.25) is 0 Å². The minimum absolute atomic E-state index is 0.0778. The molecule has 2 aromatic heterocycles. The number of alkyl halides is 3. The van der Waals surface area contributed by atoms with Crippen LogP contribution >= 0.6 is 0 Å². The summed E-state index contributed by atoms with van der Waals surface area (Å²) in [5.41, 5.74) is 2.31. The molecule has 1 unspecified atom stereocenters. The summed E-state index contributed by atoms with van der Waals surface area (Å²) in [4.78, 5) is 78.5. The number of halogens is 3. The third-order valence-electron chi connectivity index (χ3n) is 15.7. The smallest absolute Gasteiger partial charge is 0.433 e. The SMILES string of the molecule is O=C1CCC(N2C(=O)c3cccc(NCCC4CC5(CCN(C[C@H]6CC[C@H](c7nc8cc(N9CCC(CO)CC9)c(NC(=O)c9cccc(C(F)(F)F)n9)cc8o7)CC6)CC5)C4)c3C2=O)C(=O)N1. The van der Waals surface area contributed by atoms with Gasteiger partial charge in [-0.05, 0) is 144 Å². The second-order valence-electron chi connectivity index (χ2n) is 20.0. The predicted octanol–water partition coefficient (Wildman–Crippen LogP) is 7.37. The first kappa shape index (κ1) is 45.9. The highest BCUT2D eigenvalue weighted by molar-refractivity contribution is 6.25. The van der Waals surface area contributed by atoms with E-state index in [2.05, 4.69) is 30.7 Å². The maximum Gasteiger partial charge on any atom is 0.433 e. The van der Waals surface area contributed by atoms with Gasteiger partial charge in [-0.2, -0.15) is 13.2 Å². The van der Waals surface area contributed by atoms with Crippen LogP contribution in [0.5, 0.6) is 0 Å².